The van der Waals surface area contributed by atoms with Crippen molar-refractivity contribution in [3.8, 4) is 0 Å². The van der Waals surface area contributed by atoms with Gasteiger partial charge in [-0.3, -0.25) is 14.7 Å². The van der Waals surface area contributed by atoms with Crippen LogP contribution in [-0.2, 0) is 17.4 Å². The molecule has 0 radical (unpaired) electrons. The first-order valence-corrected chi connectivity index (χ1v) is 13.0. The van der Waals surface area contributed by atoms with E-state index in [1.165, 1.54) is 23.5 Å². The van der Waals surface area contributed by atoms with Gasteiger partial charge < -0.3 is 16.0 Å². The molecule has 1 fully saturated rings. The minimum absolute atomic E-state index is 0.0159. The molecular weight excluding hydrogens is 517 g/mol. The molecule has 198 valence electrons. The Bertz CT molecular complexity index is 1460. The molecule has 0 atom stereocenters. The van der Waals surface area contributed by atoms with Gasteiger partial charge in [-0.05, 0) is 55.2 Å². The minimum atomic E-state index is -4.37. The lowest BCUT2D eigenvalue weighted by atomic mass is 9.97. The van der Waals surface area contributed by atoms with E-state index in [2.05, 4.69) is 20.5 Å². The van der Waals surface area contributed by atoms with Crippen LogP contribution >= 0.6 is 11.3 Å². The summed E-state index contributed by atoms with van der Waals surface area (Å²) in [6.07, 6.45) is -2.27. The number of piperidine rings is 1. The van der Waals surface area contributed by atoms with Crippen molar-refractivity contribution >= 4 is 45.6 Å². The lowest BCUT2D eigenvalue weighted by Gasteiger charge is -2.31. The van der Waals surface area contributed by atoms with Crippen molar-refractivity contribution in [2.45, 2.75) is 37.8 Å². The number of hydrogen-bond donors (Lipinski definition) is 3. The van der Waals surface area contributed by atoms with Gasteiger partial charge in [-0.25, -0.2) is 4.98 Å². The summed E-state index contributed by atoms with van der Waals surface area (Å²) in [6, 6.07) is 10.2. The molecule has 2 aromatic carbocycles. The number of benzene rings is 2. The highest BCUT2D eigenvalue weighted by atomic mass is 32.1. The van der Waals surface area contributed by atoms with Crippen LogP contribution in [0, 0.1) is 0 Å². The number of thiazole rings is 1. The van der Waals surface area contributed by atoms with Crippen molar-refractivity contribution in [2.24, 2.45) is 0 Å². The third-order valence-corrected chi connectivity index (χ3v) is 7.72. The Hall–Kier alpha value is -3.93. The lowest BCUT2D eigenvalue weighted by molar-refractivity contribution is -0.137. The molecule has 2 amide bonds. The molecule has 1 aliphatic rings. The zero-order chi connectivity index (χ0) is 26.9. The first-order valence-electron chi connectivity index (χ1n) is 12.1. The molecule has 8 nitrogen and oxygen atoms in total. The zero-order valence-corrected chi connectivity index (χ0v) is 21.0. The van der Waals surface area contributed by atoms with E-state index in [1.54, 1.807) is 28.5 Å². The van der Waals surface area contributed by atoms with Gasteiger partial charge in [0.2, 0.25) is 5.91 Å². The fourth-order valence-corrected chi connectivity index (χ4v) is 5.50. The highest BCUT2D eigenvalue weighted by molar-refractivity contribution is 7.10. The summed E-state index contributed by atoms with van der Waals surface area (Å²) in [5, 5.41) is 12.9. The third-order valence-electron chi connectivity index (χ3n) is 6.71. The number of alkyl halides is 3. The van der Waals surface area contributed by atoms with Crippen LogP contribution in [0.2, 0.25) is 0 Å². The summed E-state index contributed by atoms with van der Waals surface area (Å²) in [5.41, 5.74) is 7.54. The molecule has 0 saturated carbocycles. The van der Waals surface area contributed by atoms with E-state index in [1.807, 2.05) is 0 Å². The summed E-state index contributed by atoms with van der Waals surface area (Å²) in [6.45, 7) is 1.15. The third kappa shape index (κ3) is 5.64. The molecule has 0 aliphatic carbocycles. The maximum absolute atomic E-state index is 12.7. The molecule has 0 bridgehead atoms. The van der Waals surface area contributed by atoms with Crippen LogP contribution in [0.3, 0.4) is 0 Å². The highest BCUT2D eigenvalue weighted by Crippen LogP contribution is 2.32. The van der Waals surface area contributed by atoms with Crippen LogP contribution in [0.25, 0.3) is 10.9 Å². The predicted molar refractivity (Wildman–Crippen MR) is 139 cm³/mol. The monoisotopic (exact) mass is 542 g/mol. The van der Waals surface area contributed by atoms with Crippen LogP contribution in [0.4, 0.5) is 24.7 Å². The topological polar surface area (TPSA) is 117 Å². The van der Waals surface area contributed by atoms with E-state index in [4.69, 9.17) is 5.73 Å². The van der Waals surface area contributed by atoms with Crippen molar-refractivity contribution in [1.82, 2.24) is 20.1 Å². The average Bonchev–Trinajstić information content (AvgIpc) is 3.55. The lowest BCUT2D eigenvalue weighted by Crippen LogP contribution is -2.38. The molecule has 3 heterocycles. The SMILES string of the molecule is Nc1n[nH]c2ccc(NC(=O)c3csc(C4CCN(C(=O)CCc5ccc(C(F)(F)F)cc5)CC4)n3)cc12. The molecule has 1 saturated heterocycles. The molecule has 12 heteroatoms. The molecule has 5 rings (SSSR count). The Labute approximate surface area is 220 Å². The minimum Gasteiger partial charge on any atom is -0.382 e. The van der Waals surface area contributed by atoms with Crippen molar-refractivity contribution < 1.29 is 22.8 Å². The van der Waals surface area contributed by atoms with Crippen molar-refractivity contribution in [1.29, 1.82) is 0 Å². The van der Waals surface area contributed by atoms with E-state index in [-0.39, 0.29) is 24.2 Å². The smallest absolute Gasteiger partial charge is 0.382 e. The second kappa shape index (κ2) is 10.4. The number of carbonyl (C=O) groups excluding carboxylic acids is 2. The van der Waals surface area contributed by atoms with E-state index in [9.17, 15) is 22.8 Å². The second-order valence-corrected chi connectivity index (χ2v) is 10.1. The number of anilines is 2. The van der Waals surface area contributed by atoms with Gasteiger partial charge >= 0.3 is 6.18 Å². The normalized spacial score (nSPS) is 14.7. The summed E-state index contributed by atoms with van der Waals surface area (Å²) < 4.78 is 38.2. The number of H-pyrrole nitrogens is 1. The van der Waals surface area contributed by atoms with E-state index in [0.717, 1.165) is 40.9 Å². The number of nitrogens with zero attached hydrogens (tertiary/aromatic N) is 3. The largest absolute Gasteiger partial charge is 0.416 e. The maximum Gasteiger partial charge on any atom is 0.416 e. The summed E-state index contributed by atoms with van der Waals surface area (Å²) >= 11 is 1.43. The zero-order valence-electron chi connectivity index (χ0n) is 20.2. The van der Waals surface area contributed by atoms with E-state index in [0.29, 0.717) is 42.3 Å². The fourth-order valence-electron chi connectivity index (χ4n) is 4.53. The number of aryl methyl sites for hydroxylation is 1. The molecule has 0 unspecified atom stereocenters. The first kappa shape index (κ1) is 25.7. The van der Waals surface area contributed by atoms with Crippen LogP contribution in [0.15, 0.2) is 47.8 Å². The number of aromatic amines is 1. The van der Waals surface area contributed by atoms with Crippen LogP contribution in [-0.4, -0.2) is 45.0 Å². The van der Waals surface area contributed by atoms with Gasteiger partial charge in [0.25, 0.3) is 5.91 Å². The number of amides is 2. The van der Waals surface area contributed by atoms with Gasteiger partial charge in [-0.15, -0.1) is 11.3 Å². The quantitative estimate of drug-likeness (QED) is 0.309. The Balaban J connectivity index is 1.11. The maximum atomic E-state index is 12.7. The summed E-state index contributed by atoms with van der Waals surface area (Å²) in [7, 11) is 0. The Kier molecular flexibility index (Phi) is 7.06. The van der Waals surface area contributed by atoms with Crippen molar-refractivity contribution in [3.63, 3.8) is 0 Å². The number of fused-ring (bicyclic) bond motifs is 1. The number of rotatable bonds is 6. The number of nitrogens with one attached hydrogen (secondary N) is 2. The standard InChI is InChI=1S/C26H25F3N6O2S/c27-26(28,29)17-4-1-15(2-5-17)3-8-22(36)35-11-9-16(10-12-35)25-32-21(14-38-25)24(37)31-18-6-7-20-19(13-18)23(30)34-33-20/h1-2,4-7,13-14,16H,3,8-12H2,(H,31,37)(H3,30,33,34). The number of aromatic nitrogens is 3. The predicted octanol–water partition coefficient (Wildman–Crippen LogP) is 5.21. The van der Waals surface area contributed by atoms with E-state index < -0.39 is 11.7 Å². The molecule has 4 aromatic rings. The first-order chi connectivity index (χ1) is 18.2. The molecule has 1 aliphatic heterocycles. The number of hydrogen-bond acceptors (Lipinski definition) is 6. The van der Waals surface area contributed by atoms with Crippen molar-refractivity contribution in [3.05, 3.63) is 69.7 Å². The molecule has 0 spiro atoms. The van der Waals surface area contributed by atoms with Gasteiger partial charge in [-0.2, -0.15) is 18.3 Å². The van der Waals surface area contributed by atoms with Gasteiger partial charge in [0.05, 0.1) is 16.1 Å². The van der Waals surface area contributed by atoms with Gasteiger partial charge in [-0.1, -0.05) is 12.1 Å². The van der Waals surface area contributed by atoms with Gasteiger partial charge in [0.15, 0.2) is 5.82 Å². The van der Waals surface area contributed by atoms with Crippen LogP contribution in [0.1, 0.15) is 51.8 Å². The molecule has 4 N–H and O–H groups in total. The Morgan fingerprint density at radius 2 is 1.87 bits per heavy atom. The Morgan fingerprint density at radius 1 is 1.13 bits per heavy atom. The summed E-state index contributed by atoms with van der Waals surface area (Å²) in [4.78, 5) is 31.7. The average molecular weight is 543 g/mol. The van der Waals surface area contributed by atoms with E-state index >= 15 is 0 Å². The molecule has 2 aromatic heterocycles. The number of carbonyl (C=O) groups is 2. The van der Waals surface area contributed by atoms with Crippen LogP contribution < -0.4 is 11.1 Å². The van der Waals surface area contributed by atoms with Crippen molar-refractivity contribution in [2.75, 3.05) is 24.1 Å². The Morgan fingerprint density at radius 3 is 2.58 bits per heavy atom. The number of nitrogen functional groups attached to an aromatic ring is 1. The molecular formula is C26H25F3N6O2S. The number of nitrogens with two attached hydrogens (primary N) is 1. The second-order valence-electron chi connectivity index (χ2n) is 9.24. The van der Waals surface area contributed by atoms with Crippen LogP contribution in [0.5, 0.6) is 0 Å². The van der Waals surface area contributed by atoms with Gasteiger partial charge in [0.1, 0.15) is 5.69 Å². The molecule has 38 heavy (non-hydrogen) atoms. The fraction of sp³-hybridized carbons (Fsp3) is 0.308. The number of halogens is 3. The summed E-state index contributed by atoms with van der Waals surface area (Å²) in [5.74, 6) is 0.182. The highest BCUT2D eigenvalue weighted by Gasteiger charge is 2.30. The van der Waals surface area contributed by atoms with Gasteiger partial charge in [0, 0.05) is 41.9 Å². The number of likely N-dealkylation sites (tertiary alicyclic amines) is 1.